The number of benzene rings is 2. The molecule has 0 saturated heterocycles. The van der Waals surface area contributed by atoms with Gasteiger partial charge in [-0.05, 0) is 74.1 Å². The summed E-state index contributed by atoms with van der Waals surface area (Å²) < 4.78 is 0.966. The van der Waals surface area contributed by atoms with E-state index >= 15 is 0 Å². The number of fused-ring (bicyclic) bond motifs is 1. The van der Waals surface area contributed by atoms with Gasteiger partial charge in [-0.2, -0.15) is 0 Å². The fourth-order valence-corrected chi connectivity index (χ4v) is 4.94. The summed E-state index contributed by atoms with van der Waals surface area (Å²) in [6, 6.07) is 9.93. The van der Waals surface area contributed by atoms with E-state index in [4.69, 9.17) is 0 Å². The van der Waals surface area contributed by atoms with Crippen LogP contribution in [-0.2, 0) is 12.8 Å². The van der Waals surface area contributed by atoms with Gasteiger partial charge in [-0.3, -0.25) is 4.79 Å². The molecule has 2 aliphatic heterocycles. The normalized spacial score (nSPS) is 16.1. The van der Waals surface area contributed by atoms with Gasteiger partial charge in [0.15, 0.2) is 5.78 Å². The number of thiazole rings is 1. The second kappa shape index (κ2) is 6.53. The highest BCUT2D eigenvalue weighted by Gasteiger charge is 2.24. The Bertz CT molecular complexity index is 1050. The largest absolute Gasteiger partial charge is 0.371 e. The lowest BCUT2D eigenvalue weighted by molar-refractivity contribution is 0.101. The van der Waals surface area contributed by atoms with Gasteiger partial charge in [-0.15, -0.1) is 10.2 Å². The highest BCUT2D eigenvalue weighted by atomic mass is 32.1. The molecule has 0 spiro atoms. The molecule has 2 aromatic carbocycles. The molecule has 0 aliphatic carbocycles. The number of carbonyl (C=O) groups is 1. The van der Waals surface area contributed by atoms with E-state index in [9.17, 15) is 4.79 Å². The fraction of sp³-hybridized carbons (Fsp3) is 0.333. The lowest BCUT2D eigenvalue weighted by Crippen LogP contribution is -2.34. The topological polar surface area (TPSA) is 57.9 Å². The van der Waals surface area contributed by atoms with Gasteiger partial charge in [0.25, 0.3) is 0 Å². The number of aryl methyl sites for hydroxylation is 2. The minimum Gasteiger partial charge on any atom is -0.371 e. The first-order valence-corrected chi connectivity index (χ1v) is 10.2. The van der Waals surface area contributed by atoms with Crippen molar-refractivity contribution in [2.24, 2.45) is 10.2 Å². The van der Waals surface area contributed by atoms with Crippen molar-refractivity contribution in [3.05, 3.63) is 47.0 Å². The van der Waals surface area contributed by atoms with Crippen molar-refractivity contribution in [3.8, 4) is 0 Å². The summed E-state index contributed by atoms with van der Waals surface area (Å²) in [6.45, 7) is 3.93. The number of carbonyl (C=O) groups excluding carboxylic acids is 1. The summed E-state index contributed by atoms with van der Waals surface area (Å²) in [7, 11) is 0. The van der Waals surface area contributed by atoms with Gasteiger partial charge < -0.3 is 4.90 Å². The Morgan fingerprint density at radius 1 is 1.07 bits per heavy atom. The Hall–Kier alpha value is -2.60. The van der Waals surface area contributed by atoms with Crippen molar-refractivity contribution in [2.45, 2.75) is 32.6 Å². The van der Waals surface area contributed by atoms with E-state index in [1.807, 2.05) is 18.2 Å². The summed E-state index contributed by atoms with van der Waals surface area (Å²) in [5.74, 6) is 0.0607. The summed E-state index contributed by atoms with van der Waals surface area (Å²) in [4.78, 5) is 18.6. The lowest BCUT2D eigenvalue weighted by atomic mass is 9.91. The molecule has 0 bridgehead atoms. The quantitative estimate of drug-likeness (QED) is 0.441. The fourth-order valence-electron chi connectivity index (χ4n) is 4.12. The monoisotopic (exact) mass is 376 g/mol. The van der Waals surface area contributed by atoms with Crippen LogP contribution < -0.4 is 4.90 Å². The number of azo groups is 1. The molecule has 5 rings (SSSR count). The van der Waals surface area contributed by atoms with Gasteiger partial charge in [-0.25, -0.2) is 4.98 Å². The molecule has 3 aromatic rings. The average Bonchev–Trinajstić information content (AvgIpc) is 3.09. The molecule has 0 unspecified atom stereocenters. The summed E-state index contributed by atoms with van der Waals surface area (Å²) in [6.07, 6.45) is 4.67. The maximum atomic E-state index is 11.6. The Kier molecular flexibility index (Phi) is 4.01. The van der Waals surface area contributed by atoms with Crippen molar-refractivity contribution < 1.29 is 4.79 Å². The van der Waals surface area contributed by atoms with Crippen LogP contribution in [0.15, 0.2) is 40.6 Å². The predicted octanol–water partition coefficient (Wildman–Crippen LogP) is 5.61. The molecule has 2 aliphatic rings. The van der Waals surface area contributed by atoms with Gasteiger partial charge in [0.1, 0.15) is 0 Å². The van der Waals surface area contributed by atoms with E-state index in [2.05, 4.69) is 32.2 Å². The summed E-state index contributed by atoms with van der Waals surface area (Å²) in [5.41, 5.74) is 6.73. The molecule has 0 fully saturated rings. The van der Waals surface area contributed by atoms with Gasteiger partial charge in [0, 0.05) is 24.3 Å². The molecular formula is C21H20N4OS. The second-order valence-electron chi connectivity index (χ2n) is 7.24. The van der Waals surface area contributed by atoms with E-state index in [1.165, 1.54) is 54.1 Å². The molecule has 6 heteroatoms. The van der Waals surface area contributed by atoms with Gasteiger partial charge in [0.05, 0.1) is 15.9 Å². The van der Waals surface area contributed by atoms with Crippen LogP contribution in [0, 0.1) is 0 Å². The first-order chi connectivity index (χ1) is 13.2. The van der Waals surface area contributed by atoms with Crippen LogP contribution in [0.3, 0.4) is 0 Å². The van der Waals surface area contributed by atoms with Gasteiger partial charge in [-0.1, -0.05) is 11.3 Å². The highest BCUT2D eigenvalue weighted by molar-refractivity contribution is 7.21. The van der Waals surface area contributed by atoms with Crippen molar-refractivity contribution in [2.75, 3.05) is 18.0 Å². The molecule has 136 valence electrons. The molecule has 0 atom stereocenters. The van der Waals surface area contributed by atoms with Crippen molar-refractivity contribution in [1.82, 2.24) is 4.98 Å². The molecule has 0 saturated carbocycles. The third-order valence-corrected chi connectivity index (χ3v) is 6.25. The second-order valence-corrected chi connectivity index (χ2v) is 8.25. The molecule has 5 nitrogen and oxygen atoms in total. The maximum Gasteiger partial charge on any atom is 0.231 e. The van der Waals surface area contributed by atoms with Gasteiger partial charge >= 0.3 is 0 Å². The van der Waals surface area contributed by atoms with Crippen LogP contribution in [0.4, 0.5) is 16.5 Å². The Morgan fingerprint density at radius 3 is 2.52 bits per heavy atom. The maximum absolute atomic E-state index is 11.6. The molecule has 3 heterocycles. The number of Topliss-reactive ketones (excluding diaryl/α,β-unsaturated/α-hetero) is 1. The minimum absolute atomic E-state index is 0.0607. The number of aromatic nitrogens is 1. The van der Waals surface area contributed by atoms with Crippen molar-refractivity contribution in [1.29, 1.82) is 0 Å². The molecule has 0 amide bonds. The van der Waals surface area contributed by atoms with Crippen molar-refractivity contribution >= 4 is 43.8 Å². The zero-order valence-corrected chi connectivity index (χ0v) is 16.1. The molecular weight excluding hydrogens is 356 g/mol. The molecule has 27 heavy (non-hydrogen) atoms. The van der Waals surface area contributed by atoms with Crippen LogP contribution in [0.1, 0.15) is 41.3 Å². The number of anilines is 1. The SMILES string of the molecule is CC(=O)c1ccc2nc(N=Nc3cc4c5c(c3)CCCN5CCC4)sc2c1. The first kappa shape index (κ1) is 16.6. The Balaban J connectivity index is 1.47. The molecule has 0 radical (unpaired) electrons. The number of rotatable bonds is 3. The zero-order chi connectivity index (χ0) is 18.4. The Labute approximate surface area is 161 Å². The summed E-state index contributed by atoms with van der Waals surface area (Å²) in [5, 5.41) is 9.49. The van der Waals surface area contributed by atoms with Crippen LogP contribution >= 0.6 is 11.3 Å². The minimum atomic E-state index is 0.0607. The predicted molar refractivity (Wildman–Crippen MR) is 109 cm³/mol. The molecule has 1 aromatic heterocycles. The van der Waals surface area contributed by atoms with Crippen LogP contribution in [0.2, 0.25) is 0 Å². The highest BCUT2D eigenvalue weighted by Crippen LogP contribution is 2.38. The number of hydrogen-bond donors (Lipinski definition) is 0. The standard InChI is InChI=1S/C21H20N4OS/c1-13(26)14-6-7-18-19(12-14)27-21(22-18)24-23-17-10-15-4-2-8-25-9-3-5-16(11-17)20(15)25/h6-7,10-12H,2-5,8-9H2,1H3. The van der Waals surface area contributed by atoms with E-state index < -0.39 is 0 Å². The van der Waals surface area contributed by atoms with Crippen molar-refractivity contribution in [3.63, 3.8) is 0 Å². The third kappa shape index (κ3) is 3.04. The van der Waals surface area contributed by atoms with E-state index in [1.54, 1.807) is 6.92 Å². The summed E-state index contributed by atoms with van der Waals surface area (Å²) >= 11 is 1.47. The van der Waals surface area contributed by atoms with E-state index in [-0.39, 0.29) is 5.78 Å². The first-order valence-electron chi connectivity index (χ1n) is 9.41. The Morgan fingerprint density at radius 2 is 1.81 bits per heavy atom. The average molecular weight is 376 g/mol. The van der Waals surface area contributed by atoms with Crippen LogP contribution in [0.25, 0.3) is 10.2 Å². The number of nitrogens with zero attached hydrogens (tertiary/aromatic N) is 4. The lowest BCUT2D eigenvalue weighted by Gasteiger charge is -2.36. The van der Waals surface area contributed by atoms with Crippen LogP contribution in [0.5, 0.6) is 0 Å². The number of ketones is 1. The van der Waals surface area contributed by atoms with E-state index in [0.29, 0.717) is 10.7 Å². The van der Waals surface area contributed by atoms with Crippen LogP contribution in [-0.4, -0.2) is 23.9 Å². The molecule has 0 N–H and O–H groups in total. The van der Waals surface area contributed by atoms with E-state index in [0.717, 1.165) is 28.7 Å². The zero-order valence-electron chi connectivity index (χ0n) is 15.2. The van der Waals surface area contributed by atoms with Gasteiger partial charge in [0.2, 0.25) is 5.13 Å². The third-order valence-electron chi connectivity index (χ3n) is 5.35. The smallest absolute Gasteiger partial charge is 0.231 e. The number of hydrogen-bond acceptors (Lipinski definition) is 6.